The van der Waals surface area contributed by atoms with Crippen molar-refractivity contribution in [2.45, 2.75) is 26.3 Å². The van der Waals surface area contributed by atoms with Crippen molar-refractivity contribution in [2.75, 3.05) is 11.9 Å². The molecule has 122 valence electrons. The predicted octanol–water partition coefficient (Wildman–Crippen LogP) is 3.90. The van der Waals surface area contributed by atoms with Crippen LogP contribution in [0.15, 0.2) is 42.5 Å². The van der Waals surface area contributed by atoms with Crippen molar-refractivity contribution in [1.82, 2.24) is 0 Å². The highest BCUT2D eigenvalue weighted by Gasteiger charge is 2.03. The third-order valence-electron chi connectivity index (χ3n) is 3.42. The Morgan fingerprint density at radius 3 is 2.61 bits per heavy atom. The van der Waals surface area contributed by atoms with Gasteiger partial charge in [-0.15, -0.1) is 0 Å². The van der Waals surface area contributed by atoms with Gasteiger partial charge in [0.05, 0.1) is 6.61 Å². The summed E-state index contributed by atoms with van der Waals surface area (Å²) in [4.78, 5) is 11.9. The molecule has 3 N–H and O–H groups in total. The standard InChI is InChI=1S/C18H21ClN2O2/c1-13-11-16(8-9-17(13)19)23-10-2-3-18(22)21-15-6-4-14(12-20)5-7-15/h4-9,11H,2-3,10,12,20H2,1H3,(H,21,22). The molecule has 2 aromatic rings. The molecule has 0 aromatic heterocycles. The number of carbonyl (C=O) groups is 1. The summed E-state index contributed by atoms with van der Waals surface area (Å²) in [5, 5.41) is 3.58. The number of amides is 1. The molecule has 0 aliphatic carbocycles. The minimum atomic E-state index is -0.0265. The second kappa shape index (κ2) is 8.56. The maximum Gasteiger partial charge on any atom is 0.224 e. The Labute approximate surface area is 141 Å². The third-order valence-corrected chi connectivity index (χ3v) is 3.84. The van der Waals surface area contributed by atoms with Gasteiger partial charge in [0.1, 0.15) is 5.75 Å². The van der Waals surface area contributed by atoms with E-state index < -0.39 is 0 Å². The average molecular weight is 333 g/mol. The van der Waals surface area contributed by atoms with Gasteiger partial charge in [-0.2, -0.15) is 0 Å². The Morgan fingerprint density at radius 2 is 1.96 bits per heavy atom. The molecule has 0 heterocycles. The summed E-state index contributed by atoms with van der Waals surface area (Å²) in [6.45, 7) is 2.91. The second-order valence-electron chi connectivity index (χ2n) is 5.31. The maximum atomic E-state index is 11.9. The van der Waals surface area contributed by atoms with E-state index in [1.807, 2.05) is 49.4 Å². The van der Waals surface area contributed by atoms with Crippen LogP contribution in [0.4, 0.5) is 5.69 Å². The molecule has 23 heavy (non-hydrogen) atoms. The highest BCUT2D eigenvalue weighted by molar-refractivity contribution is 6.31. The van der Waals surface area contributed by atoms with Gasteiger partial charge >= 0.3 is 0 Å². The van der Waals surface area contributed by atoms with Crippen LogP contribution in [0, 0.1) is 6.92 Å². The number of nitrogens with two attached hydrogens (primary N) is 1. The van der Waals surface area contributed by atoms with Crippen LogP contribution in [0.5, 0.6) is 5.75 Å². The van der Waals surface area contributed by atoms with E-state index in [2.05, 4.69) is 5.32 Å². The zero-order valence-electron chi connectivity index (χ0n) is 13.1. The largest absolute Gasteiger partial charge is 0.494 e. The average Bonchev–Trinajstić information content (AvgIpc) is 2.55. The van der Waals surface area contributed by atoms with Gasteiger partial charge in [-0.1, -0.05) is 23.7 Å². The molecule has 0 spiro atoms. The lowest BCUT2D eigenvalue weighted by Gasteiger charge is -2.08. The van der Waals surface area contributed by atoms with E-state index in [4.69, 9.17) is 22.1 Å². The molecule has 1 amide bonds. The first-order valence-electron chi connectivity index (χ1n) is 7.56. The number of hydrogen-bond acceptors (Lipinski definition) is 3. The van der Waals surface area contributed by atoms with Crippen LogP contribution in [0.25, 0.3) is 0 Å². The van der Waals surface area contributed by atoms with Gasteiger partial charge in [-0.25, -0.2) is 0 Å². The van der Waals surface area contributed by atoms with E-state index in [0.29, 0.717) is 26.0 Å². The fourth-order valence-electron chi connectivity index (χ4n) is 2.08. The van der Waals surface area contributed by atoms with Gasteiger partial charge in [0, 0.05) is 23.7 Å². The first-order chi connectivity index (χ1) is 11.1. The van der Waals surface area contributed by atoms with Crippen molar-refractivity contribution in [3.63, 3.8) is 0 Å². The fourth-order valence-corrected chi connectivity index (χ4v) is 2.19. The van der Waals surface area contributed by atoms with E-state index in [1.165, 1.54) is 0 Å². The third kappa shape index (κ3) is 5.58. The molecular formula is C18H21ClN2O2. The van der Waals surface area contributed by atoms with E-state index in [-0.39, 0.29) is 5.91 Å². The SMILES string of the molecule is Cc1cc(OCCCC(=O)Nc2ccc(CN)cc2)ccc1Cl. The molecule has 0 fully saturated rings. The molecular weight excluding hydrogens is 312 g/mol. The lowest BCUT2D eigenvalue weighted by atomic mass is 10.2. The summed E-state index contributed by atoms with van der Waals surface area (Å²) in [5.74, 6) is 0.742. The van der Waals surface area contributed by atoms with Crippen LogP contribution in [-0.2, 0) is 11.3 Å². The number of benzene rings is 2. The monoisotopic (exact) mass is 332 g/mol. The highest BCUT2D eigenvalue weighted by Crippen LogP contribution is 2.21. The summed E-state index contributed by atoms with van der Waals surface area (Å²) in [6.07, 6.45) is 1.06. The molecule has 0 aliphatic rings. The summed E-state index contributed by atoms with van der Waals surface area (Å²) >= 11 is 5.96. The van der Waals surface area contributed by atoms with Gasteiger partial charge in [-0.05, 0) is 54.8 Å². The van der Waals surface area contributed by atoms with Gasteiger partial charge < -0.3 is 15.8 Å². The number of carbonyl (C=O) groups excluding carboxylic acids is 1. The maximum absolute atomic E-state index is 11.9. The number of anilines is 1. The minimum Gasteiger partial charge on any atom is -0.494 e. The molecule has 0 bridgehead atoms. The Balaban J connectivity index is 1.70. The molecule has 0 aliphatic heterocycles. The molecule has 0 radical (unpaired) electrons. The lowest BCUT2D eigenvalue weighted by Crippen LogP contribution is -2.13. The van der Waals surface area contributed by atoms with E-state index in [0.717, 1.165) is 27.6 Å². The smallest absolute Gasteiger partial charge is 0.224 e. The van der Waals surface area contributed by atoms with Crippen LogP contribution < -0.4 is 15.8 Å². The minimum absolute atomic E-state index is 0.0265. The first-order valence-corrected chi connectivity index (χ1v) is 7.94. The molecule has 0 atom stereocenters. The van der Waals surface area contributed by atoms with Crippen LogP contribution in [0.3, 0.4) is 0 Å². The zero-order chi connectivity index (χ0) is 16.7. The van der Waals surface area contributed by atoms with E-state index in [9.17, 15) is 4.79 Å². The van der Waals surface area contributed by atoms with Crippen LogP contribution in [-0.4, -0.2) is 12.5 Å². The Kier molecular flexibility index (Phi) is 6.44. The number of ether oxygens (including phenoxy) is 1. The van der Waals surface area contributed by atoms with Gasteiger partial charge in [0.25, 0.3) is 0 Å². The fraction of sp³-hybridized carbons (Fsp3) is 0.278. The Morgan fingerprint density at radius 1 is 1.22 bits per heavy atom. The molecule has 0 saturated heterocycles. The molecule has 5 heteroatoms. The van der Waals surface area contributed by atoms with Crippen molar-refractivity contribution in [2.24, 2.45) is 5.73 Å². The quantitative estimate of drug-likeness (QED) is 0.756. The summed E-state index contributed by atoms with van der Waals surface area (Å²) in [7, 11) is 0. The van der Waals surface area contributed by atoms with Crippen molar-refractivity contribution < 1.29 is 9.53 Å². The number of hydrogen-bond donors (Lipinski definition) is 2. The summed E-state index contributed by atoms with van der Waals surface area (Å²) in [5.41, 5.74) is 8.33. The van der Waals surface area contributed by atoms with Gasteiger partial charge in [0.2, 0.25) is 5.91 Å². The Bertz CT molecular complexity index is 657. The van der Waals surface area contributed by atoms with Crippen molar-refractivity contribution in [1.29, 1.82) is 0 Å². The van der Waals surface area contributed by atoms with Crippen LogP contribution in [0.1, 0.15) is 24.0 Å². The molecule has 4 nitrogen and oxygen atoms in total. The molecule has 0 unspecified atom stereocenters. The molecule has 2 rings (SSSR count). The number of rotatable bonds is 7. The second-order valence-corrected chi connectivity index (χ2v) is 5.72. The molecule has 0 saturated carbocycles. The van der Waals surface area contributed by atoms with Crippen LogP contribution in [0.2, 0.25) is 5.02 Å². The lowest BCUT2D eigenvalue weighted by molar-refractivity contribution is -0.116. The van der Waals surface area contributed by atoms with Crippen molar-refractivity contribution in [3.8, 4) is 5.75 Å². The van der Waals surface area contributed by atoms with E-state index >= 15 is 0 Å². The topological polar surface area (TPSA) is 64.3 Å². The summed E-state index contributed by atoms with van der Waals surface area (Å²) in [6, 6.07) is 13.0. The van der Waals surface area contributed by atoms with Gasteiger partial charge in [0.15, 0.2) is 0 Å². The predicted molar refractivity (Wildman–Crippen MR) is 93.9 cm³/mol. The summed E-state index contributed by atoms with van der Waals surface area (Å²) < 4.78 is 5.62. The van der Waals surface area contributed by atoms with Gasteiger partial charge in [-0.3, -0.25) is 4.79 Å². The zero-order valence-corrected chi connectivity index (χ0v) is 13.9. The molecule has 2 aromatic carbocycles. The van der Waals surface area contributed by atoms with Crippen molar-refractivity contribution >= 4 is 23.2 Å². The van der Waals surface area contributed by atoms with Crippen molar-refractivity contribution in [3.05, 3.63) is 58.6 Å². The van der Waals surface area contributed by atoms with E-state index in [1.54, 1.807) is 0 Å². The van der Waals surface area contributed by atoms with Crippen LogP contribution >= 0.6 is 11.6 Å². The number of halogens is 1. The normalized spacial score (nSPS) is 10.4. The highest BCUT2D eigenvalue weighted by atomic mass is 35.5. The Hall–Kier alpha value is -2.04. The number of nitrogens with one attached hydrogen (secondary N) is 1. The number of aryl methyl sites for hydroxylation is 1. The first kappa shape index (κ1) is 17.3.